The molecule has 4 aliphatic rings. The number of aromatic amines is 1. The molecule has 3 aromatic heterocycles. The Balaban J connectivity index is 1.22. The van der Waals surface area contributed by atoms with E-state index in [4.69, 9.17) is 4.42 Å². The molecule has 0 amide bonds. The minimum atomic E-state index is -0.0556. The van der Waals surface area contributed by atoms with Gasteiger partial charge in [0.05, 0.1) is 5.52 Å². The van der Waals surface area contributed by atoms with Gasteiger partial charge in [0.15, 0.2) is 7.28 Å². The Bertz CT molecular complexity index is 2900. The van der Waals surface area contributed by atoms with E-state index in [9.17, 15) is 0 Å². The summed E-state index contributed by atoms with van der Waals surface area (Å²) < 4.78 is 8.25. The zero-order chi connectivity index (χ0) is 31.5. The lowest BCUT2D eigenvalue weighted by atomic mass is 9.49. The monoisotopic (exact) mass is 631 g/mol. The molecule has 1 aliphatic heterocycles. The molecule has 4 heteroatoms. The van der Waals surface area contributed by atoms with Gasteiger partial charge in [-0.2, -0.15) is 0 Å². The van der Waals surface area contributed by atoms with E-state index < -0.39 is 0 Å². The molecule has 4 heterocycles. The quantitative estimate of drug-likeness (QED) is 0.180. The van der Waals surface area contributed by atoms with Gasteiger partial charge in [0, 0.05) is 54.1 Å². The molecule has 0 spiro atoms. The fourth-order valence-corrected chi connectivity index (χ4v) is 11.3. The van der Waals surface area contributed by atoms with Crippen LogP contribution in [-0.2, 0) is 5.41 Å². The van der Waals surface area contributed by atoms with Crippen LogP contribution < -0.4 is 5.46 Å². The maximum Gasteiger partial charge on any atom is 0.188 e. The number of benzene rings is 5. The Labute approximate surface area is 282 Å². The summed E-state index contributed by atoms with van der Waals surface area (Å²) in [6.07, 6.45) is 4.79. The summed E-state index contributed by atoms with van der Waals surface area (Å²) in [5.41, 5.74) is 19.3. The van der Waals surface area contributed by atoms with Crippen molar-refractivity contribution in [1.82, 2.24) is 4.98 Å². The van der Waals surface area contributed by atoms with E-state index >= 15 is 0 Å². The molecule has 3 aliphatic carbocycles. The van der Waals surface area contributed by atoms with Crippen LogP contribution in [0.1, 0.15) is 49.3 Å². The second-order valence-corrected chi connectivity index (χ2v) is 15.7. The zero-order valence-electron chi connectivity index (χ0n) is 26.8. The first-order chi connectivity index (χ1) is 23.6. The van der Waals surface area contributed by atoms with E-state index in [0.29, 0.717) is 0 Å². The summed E-state index contributed by atoms with van der Waals surface area (Å²) in [4.78, 5) is 5.18. The molecule has 0 bridgehead atoms. The number of furan rings is 1. The first-order valence-corrected chi connectivity index (χ1v) is 18.1. The lowest BCUT2D eigenvalue weighted by molar-refractivity contribution is 0.602. The van der Waals surface area contributed by atoms with E-state index in [1.54, 1.807) is 16.6 Å². The molecule has 1 unspecified atom stereocenters. The summed E-state index contributed by atoms with van der Waals surface area (Å²) in [5, 5.41) is 6.37. The second kappa shape index (κ2) is 8.69. The number of nitrogens with one attached hydrogen (secondary N) is 1. The highest BCUT2D eigenvalue weighted by Crippen LogP contribution is 2.65. The summed E-state index contributed by atoms with van der Waals surface area (Å²) in [6.45, 7) is 4.92. The van der Waals surface area contributed by atoms with Crippen molar-refractivity contribution in [2.45, 2.75) is 38.0 Å². The van der Waals surface area contributed by atoms with Crippen LogP contribution in [0.15, 0.2) is 130 Å². The van der Waals surface area contributed by atoms with Crippen LogP contribution in [0, 0.1) is 0 Å². The molecule has 12 rings (SSSR count). The Morgan fingerprint density at radius 1 is 0.833 bits per heavy atom. The number of aromatic nitrogens is 1. The van der Waals surface area contributed by atoms with Crippen molar-refractivity contribution in [3.63, 3.8) is 0 Å². The molecule has 226 valence electrons. The Kier molecular flexibility index (Phi) is 4.70. The predicted molar refractivity (Wildman–Crippen MR) is 204 cm³/mol. The number of hydrogen-bond acceptors (Lipinski definition) is 2. The molecule has 0 radical (unpaired) electrons. The molecule has 48 heavy (non-hydrogen) atoms. The van der Waals surface area contributed by atoms with Gasteiger partial charge >= 0.3 is 0 Å². The maximum atomic E-state index is 6.92. The number of rotatable bonds is 1. The van der Waals surface area contributed by atoms with E-state index in [2.05, 4.69) is 122 Å². The first kappa shape index (κ1) is 26.0. The van der Waals surface area contributed by atoms with Gasteiger partial charge in [0.1, 0.15) is 16.0 Å². The topological polar surface area (TPSA) is 28.9 Å². The molecular weight excluding hydrogens is 601 g/mol. The standard InChI is InChI=1S/C44H30BNOS/c1-44(2)30-17-6-3-12-23(30)34-25-14-10-18-31-36(25)37(39(34)44)29-21-28-22-11-4-7-19-32(22)47-42(28)38(40(29)45-31)27-16-9-15-26-35-24-13-5-8-20-33(24)48-43(35)46-41(26)27/h3-9,11-17,19-21,37,45-46H,10,18H2,1-2H3. The van der Waals surface area contributed by atoms with Crippen LogP contribution in [0.3, 0.4) is 0 Å². The fraction of sp³-hybridized carbons (Fsp3) is 0.136. The number of fused-ring (bicyclic) bond motifs is 14. The highest BCUT2D eigenvalue weighted by molar-refractivity contribution is 7.25. The minimum Gasteiger partial charge on any atom is -0.455 e. The molecule has 1 atom stereocenters. The third kappa shape index (κ3) is 2.98. The Hall–Kier alpha value is -5.06. The summed E-state index contributed by atoms with van der Waals surface area (Å²) in [7, 11) is 0.970. The van der Waals surface area contributed by atoms with Crippen molar-refractivity contribution < 1.29 is 4.42 Å². The Morgan fingerprint density at radius 3 is 2.56 bits per heavy atom. The molecule has 0 fully saturated rings. The highest BCUT2D eigenvalue weighted by atomic mass is 32.1. The van der Waals surface area contributed by atoms with Gasteiger partial charge in [-0.15, -0.1) is 11.3 Å². The highest BCUT2D eigenvalue weighted by Gasteiger charge is 2.51. The van der Waals surface area contributed by atoms with Crippen LogP contribution in [0.25, 0.3) is 69.8 Å². The van der Waals surface area contributed by atoms with E-state index in [0.717, 1.165) is 31.3 Å². The average molecular weight is 632 g/mol. The lowest BCUT2D eigenvalue weighted by Gasteiger charge is -2.37. The maximum absolute atomic E-state index is 6.92. The van der Waals surface area contributed by atoms with Gasteiger partial charge in [-0.1, -0.05) is 110 Å². The number of H-pyrrole nitrogens is 1. The van der Waals surface area contributed by atoms with Gasteiger partial charge in [0.25, 0.3) is 0 Å². The first-order valence-electron chi connectivity index (χ1n) is 17.2. The van der Waals surface area contributed by atoms with Gasteiger partial charge in [-0.25, -0.2) is 0 Å². The zero-order valence-corrected chi connectivity index (χ0v) is 27.6. The number of allylic oxidation sites excluding steroid dienone is 6. The average Bonchev–Trinajstić information content (AvgIpc) is 3.89. The summed E-state index contributed by atoms with van der Waals surface area (Å²) >= 11 is 1.86. The third-order valence-corrected chi connectivity index (χ3v) is 13.2. The van der Waals surface area contributed by atoms with Crippen molar-refractivity contribution in [2.75, 3.05) is 0 Å². The molecule has 8 aromatic rings. The van der Waals surface area contributed by atoms with E-state index in [-0.39, 0.29) is 11.3 Å². The normalized spacial score (nSPS) is 19.0. The summed E-state index contributed by atoms with van der Waals surface area (Å²) in [6, 6.07) is 36.0. The van der Waals surface area contributed by atoms with E-state index in [1.807, 2.05) is 11.3 Å². The smallest absolute Gasteiger partial charge is 0.188 e. The largest absolute Gasteiger partial charge is 0.455 e. The van der Waals surface area contributed by atoms with Crippen LogP contribution >= 0.6 is 11.3 Å². The van der Waals surface area contributed by atoms with Crippen LogP contribution in [0.5, 0.6) is 0 Å². The molecule has 5 aromatic carbocycles. The van der Waals surface area contributed by atoms with Crippen molar-refractivity contribution in [2.24, 2.45) is 0 Å². The minimum absolute atomic E-state index is 0.0556. The van der Waals surface area contributed by atoms with Crippen molar-refractivity contribution >= 4 is 82.8 Å². The number of thiophene rings is 1. The molecule has 0 saturated carbocycles. The van der Waals surface area contributed by atoms with Crippen molar-refractivity contribution in [3.8, 4) is 11.1 Å². The van der Waals surface area contributed by atoms with Gasteiger partial charge in [0.2, 0.25) is 0 Å². The van der Waals surface area contributed by atoms with Crippen molar-refractivity contribution in [3.05, 3.63) is 142 Å². The molecule has 2 nitrogen and oxygen atoms in total. The lowest BCUT2D eigenvalue weighted by Crippen LogP contribution is -2.35. The van der Waals surface area contributed by atoms with Crippen LogP contribution in [0.2, 0.25) is 0 Å². The van der Waals surface area contributed by atoms with Crippen LogP contribution in [0.4, 0.5) is 0 Å². The fourth-order valence-electron chi connectivity index (χ4n) is 10.2. The van der Waals surface area contributed by atoms with Crippen molar-refractivity contribution in [1.29, 1.82) is 0 Å². The van der Waals surface area contributed by atoms with Gasteiger partial charge in [-0.05, 0) is 70.0 Å². The number of hydrogen-bond donors (Lipinski definition) is 1. The Morgan fingerprint density at radius 2 is 1.62 bits per heavy atom. The predicted octanol–water partition coefficient (Wildman–Crippen LogP) is 11.0. The van der Waals surface area contributed by atoms with E-state index in [1.165, 1.54) is 86.4 Å². The van der Waals surface area contributed by atoms with Gasteiger partial charge in [-0.3, -0.25) is 0 Å². The summed E-state index contributed by atoms with van der Waals surface area (Å²) in [5.74, 6) is 0.250. The molecular formula is C44H30BNOS. The number of para-hydroxylation sites is 2. The van der Waals surface area contributed by atoms with Crippen LogP contribution in [-0.4, -0.2) is 12.3 Å². The third-order valence-electron chi connectivity index (χ3n) is 12.1. The molecule has 0 saturated heterocycles. The molecule has 1 N–H and O–H groups in total. The second-order valence-electron chi connectivity index (χ2n) is 14.7. The van der Waals surface area contributed by atoms with Gasteiger partial charge < -0.3 is 9.40 Å². The SMILES string of the molecule is CC1(C)C2=C(C3=CCCC4=C3C2c2cc3c(oc5ccccc53)c(-c3cccc5c3[nH]c3sc6ccccc6c35)c2B4)c2ccccc21.